The van der Waals surface area contributed by atoms with Crippen molar-refractivity contribution >= 4 is 50.7 Å². The third kappa shape index (κ3) is 6.10. The summed E-state index contributed by atoms with van der Waals surface area (Å²) in [6.45, 7) is 0.254. The molecule has 4 aromatic rings. The summed E-state index contributed by atoms with van der Waals surface area (Å²) in [5.74, 6) is -1.19. The summed E-state index contributed by atoms with van der Waals surface area (Å²) in [5, 5.41) is 3.48. The number of nitrogens with one attached hydrogen (secondary N) is 1. The predicted octanol–water partition coefficient (Wildman–Crippen LogP) is 5.90. The lowest BCUT2D eigenvalue weighted by molar-refractivity contribution is -0.121. The number of primary amides is 1. The van der Waals surface area contributed by atoms with Gasteiger partial charge >= 0.3 is 0 Å². The SMILES string of the molecule is NC(=O)c1ccccc1CCNC(=O)CC1c2ccccc2-c2ccccc2N1S(=O)(=O)Cc1ccc(Cl)c(Cl)c1. The highest BCUT2D eigenvalue weighted by molar-refractivity contribution is 7.92. The second kappa shape index (κ2) is 11.9. The topological polar surface area (TPSA) is 110 Å². The van der Waals surface area contributed by atoms with Gasteiger partial charge in [-0.2, -0.15) is 0 Å². The number of sulfonamides is 1. The quantitative estimate of drug-likeness (QED) is 0.247. The molecule has 0 aliphatic carbocycles. The van der Waals surface area contributed by atoms with Crippen molar-refractivity contribution in [3.05, 3.63) is 123 Å². The molecule has 1 aliphatic rings. The van der Waals surface area contributed by atoms with Crippen molar-refractivity contribution < 1.29 is 18.0 Å². The van der Waals surface area contributed by atoms with Gasteiger partial charge in [0.25, 0.3) is 0 Å². The molecule has 1 heterocycles. The summed E-state index contributed by atoms with van der Waals surface area (Å²) in [7, 11) is -4.00. The zero-order valence-electron chi connectivity index (χ0n) is 21.9. The summed E-state index contributed by atoms with van der Waals surface area (Å²) >= 11 is 12.2. The number of anilines is 1. The van der Waals surface area contributed by atoms with Crippen molar-refractivity contribution in [1.29, 1.82) is 0 Å². The Bertz CT molecular complexity index is 1740. The zero-order valence-corrected chi connectivity index (χ0v) is 24.2. The molecule has 1 aliphatic heterocycles. The largest absolute Gasteiger partial charge is 0.366 e. The van der Waals surface area contributed by atoms with Gasteiger partial charge in [0.1, 0.15) is 0 Å². The average Bonchev–Trinajstić information content (AvgIpc) is 2.95. The Morgan fingerprint density at radius 3 is 2.29 bits per heavy atom. The Labute approximate surface area is 248 Å². The van der Waals surface area contributed by atoms with Crippen molar-refractivity contribution in [1.82, 2.24) is 5.32 Å². The second-order valence-electron chi connectivity index (χ2n) is 9.75. The van der Waals surface area contributed by atoms with E-state index in [0.717, 1.165) is 22.3 Å². The van der Waals surface area contributed by atoms with Crippen LogP contribution in [0.2, 0.25) is 10.0 Å². The summed E-state index contributed by atoms with van der Waals surface area (Å²) < 4.78 is 29.5. The number of para-hydroxylation sites is 1. The highest BCUT2D eigenvalue weighted by Gasteiger charge is 2.39. The van der Waals surface area contributed by atoms with E-state index < -0.39 is 22.0 Å². The summed E-state index contributed by atoms with van der Waals surface area (Å²) in [5.41, 5.74) is 9.95. The summed E-state index contributed by atoms with van der Waals surface area (Å²) in [6, 6.07) is 25.7. The first kappa shape index (κ1) is 28.7. The van der Waals surface area contributed by atoms with Crippen LogP contribution in [0.5, 0.6) is 0 Å². The number of hydrogen-bond donors (Lipinski definition) is 2. The molecule has 41 heavy (non-hydrogen) atoms. The molecular formula is C31H27Cl2N3O4S. The van der Waals surface area contributed by atoms with Crippen LogP contribution in [0.4, 0.5) is 5.69 Å². The fraction of sp³-hybridized carbons (Fsp3) is 0.161. The number of halogens is 2. The molecular weight excluding hydrogens is 581 g/mol. The maximum absolute atomic E-state index is 14.1. The lowest BCUT2D eigenvalue weighted by Gasteiger charge is -2.39. The number of carbonyl (C=O) groups is 2. The van der Waals surface area contributed by atoms with Gasteiger partial charge in [-0.05, 0) is 52.9 Å². The van der Waals surface area contributed by atoms with Crippen molar-refractivity contribution in [3.63, 3.8) is 0 Å². The van der Waals surface area contributed by atoms with Gasteiger partial charge in [0.2, 0.25) is 21.8 Å². The number of nitrogens with two attached hydrogens (primary N) is 1. The first-order valence-electron chi connectivity index (χ1n) is 12.9. The van der Waals surface area contributed by atoms with Crippen LogP contribution in [0.15, 0.2) is 91.0 Å². The molecule has 0 fully saturated rings. The van der Waals surface area contributed by atoms with Crippen molar-refractivity contribution in [3.8, 4) is 11.1 Å². The molecule has 1 atom stereocenters. The van der Waals surface area contributed by atoms with Gasteiger partial charge in [0, 0.05) is 17.7 Å². The van der Waals surface area contributed by atoms with Crippen molar-refractivity contribution in [2.45, 2.75) is 24.6 Å². The monoisotopic (exact) mass is 607 g/mol. The van der Waals surface area contributed by atoms with E-state index in [1.807, 2.05) is 36.4 Å². The molecule has 1 unspecified atom stereocenters. The Morgan fingerprint density at radius 1 is 0.854 bits per heavy atom. The van der Waals surface area contributed by atoms with Crippen LogP contribution in [0.1, 0.15) is 39.5 Å². The number of carbonyl (C=O) groups excluding carboxylic acids is 2. The third-order valence-electron chi connectivity index (χ3n) is 7.05. The van der Waals surface area contributed by atoms with Gasteiger partial charge in [-0.3, -0.25) is 13.9 Å². The average molecular weight is 609 g/mol. The molecule has 0 radical (unpaired) electrons. The van der Waals surface area contributed by atoms with E-state index in [2.05, 4.69) is 5.32 Å². The molecule has 7 nitrogen and oxygen atoms in total. The number of nitrogens with zero attached hydrogens (tertiary/aromatic N) is 1. The van der Waals surface area contributed by atoms with E-state index in [-0.39, 0.29) is 29.6 Å². The van der Waals surface area contributed by atoms with E-state index in [0.29, 0.717) is 28.3 Å². The molecule has 0 spiro atoms. The normalized spacial score (nSPS) is 14.2. The van der Waals surface area contributed by atoms with Crippen LogP contribution in [-0.4, -0.2) is 26.8 Å². The van der Waals surface area contributed by atoms with E-state index in [1.165, 1.54) is 10.4 Å². The van der Waals surface area contributed by atoms with Crippen molar-refractivity contribution in [2.24, 2.45) is 5.73 Å². The van der Waals surface area contributed by atoms with Crippen LogP contribution in [0, 0.1) is 0 Å². The lowest BCUT2D eigenvalue weighted by Crippen LogP contribution is -2.41. The van der Waals surface area contributed by atoms with E-state index in [4.69, 9.17) is 28.9 Å². The van der Waals surface area contributed by atoms with Crippen molar-refractivity contribution in [2.75, 3.05) is 10.8 Å². The molecule has 10 heteroatoms. The van der Waals surface area contributed by atoms with E-state index >= 15 is 0 Å². The fourth-order valence-electron chi connectivity index (χ4n) is 5.23. The number of amides is 2. The van der Waals surface area contributed by atoms with Gasteiger partial charge in [-0.25, -0.2) is 8.42 Å². The highest BCUT2D eigenvalue weighted by Crippen LogP contribution is 2.47. The first-order valence-corrected chi connectivity index (χ1v) is 15.3. The fourth-order valence-corrected chi connectivity index (χ4v) is 7.33. The van der Waals surface area contributed by atoms with E-state index in [1.54, 1.807) is 48.5 Å². The first-order chi connectivity index (χ1) is 19.7. The maximum atomic E-state index is 14.1. The molecule has 5 rings (SSSR count). The molecule has 2 amide bonds. The number of hydrogen-bond acceptors (Lipinski definition) is 4. The number of rotatable bonds is 9. The van der Waals surface area contributed by atoms with Gasteiger partial charge in [-0.15, -0.1) is 0 Å². The van der Waals surface area contributed by atoms with Gasteiger partial charge in [-0.1, -0.05) is 89.9 Å². The highest BCUT2D eigenvalue weighted by atomic mass is 35.5. The molecule has 210 valence electrons. The summed E-state index contributed by atoms with van der Waals surface area (Å²) in [6.07, 6.45) is 0.289. The molecule has 0 saturated heterocycles. The number of fused-ring (bicyclic) bond motifs is 3. The minimum Gasteiger partial charge on any atom is -0.366 e. The van der Waals surface area contributed by atoms with Gasteiger partial charge in [0.05, 0.1) is 33.9 Å². The minimum atomic E-state index is -4.00. The van der Waals surface area contributed by atoms with Crippen LogP contribution in [0.25, 0.3) is 11.1 Å². The van der Waals surface area contributed by atoms with Gasteiger partial charge in [0.15, 0.2) is 0 Å². The molecule has 4 aromatic carbocycles. The Balaban J connectivity index is 1.45. The summed E-state index contributed by atoms with van der Waals surface area (Å²) in [4.78, 5) is 25.1. The minimum absolute atomic E-state index is 0.108. The van der Waals surface area contributed by atoms with E-state index in [9.17, 15) is 18.0 Å². The maximum Gasteiger partial charge on any atom is 0.248 e. The molecule has 0 aromatic heterocycles. The van der Waals surface area contributed by atoms with Crippen LogP contribution < -0.4 is 15.4 Å². The van der Waals surface area contributed by atoms with Gasteiger partial charge < -0.3 is 11.1 Å². The van der Waals surface area contributed by atoms with Crippen LogP contribution >= 0.6 is 23.2 Å². The third-order valence-corrected chi connectivity index (χ3v) is 9.53. The Morgan fingerprint density at radius 2 is 1.54 bits per heavy atom. The Hall–Kier alpha value is -3.85. The number of benzene rings is 4. The smallest absolute Gasteiger partial charge is 0.248 e. The molecule has 0 saturated carbocycles. The van der Waals surface area contributed by atoms with Crippen LogP contribution in [-0.2, 0) is 27.0 Å². The Kier molecular flexibility index (Phi) is 8.35. The molecule has 3 N–H and O–H groups in total. The second-order valence-corrected chi connectivity index (χ2v) is 12.4. The lowest BCUT2D eigenvalue weighted by atomic mass is 9.88. The van der Waals surface area contributed by atoms with Crippen LogP contribution in [0.3, 0.4) is 0 Å². The molecule has 0 bridgehead atoms. The predicted molar refractivity (Wildman–Crippen MR) is 162 cm³/mol. The zero-order chi connectivity index (χ0) is 29.1. The standard InChI is InChI=1S/C31H27Cl2N3O4S/c32-26-14-13-20(17-27(26)33)19-41(39,40)36-28-12-6-5-10-24(28)23-9-3-4-11-25(23)29(36)18-30(37)35-16-15-21-7-1-2-8-22(21)31(34)38/h1-14,17,29H,15-16,18-19H2,(H2,34,38)(H,35,37).